The summed E-state index contributed by atoms with van der Waals surface area (Å²) in [6, 6.07) is 12.3. The number of carbonyl (C=O) groups excluding carboxylic acids is 1. The quantitative estimate of drug-likeness (QED) is 0.409. The maximum Gasteiger partial charge on any atom is 0.336 e. The Labute approximate surface area is 172 Å². The van der Waals surface area contributed by atoms with Crippen LogP contribution in [0.1, 0.15) is 74.5 Å². The third kappa shape index (κ3) is 4.42. The predicted octanol–water partition coefficient (Wildman–Crippen LogP) is 5.74. The molecule has 0 fully saturated rings. The Bertz CT molecular complexity index is 978. The van der Waals surface area contributed by atoms with Crippen molar-refractivity contribution in [2.24, 2.45) is 0 Å². The number of aromatic carboxylic acids is 1. The zero-order valence-corrected chi connectivity index (χ0v) is 17.7. The molecule has 1 aliphatic carbocycles. The van der Waals surface area contributed by atoms with Crippen molar-refractivity contribution >= 4 is 17.5 Å². The smallest absolute Gasteiger partial charge is 0.336 e. The van der Waals surface area contributed by atoms with E-state index in [0.717, 1.165) is 24.0 Å². The van der Waals surface area contributed by atoms with E-state index in [1.807, 2.05) is 6.92 Å². The van der Waals surface area contributed by atoms with Gasteiger partial charge in [0.2, 0.25) is 0 Å². The van der Waals surface area contributed by atoms with Crippen molar-refractivity contribution in [3.8, 4) is 5.75 Å². The summed E-state index contributed by atoms with van der Waals surface area (Å²) in [4.78, 5) is 23.2. The fourth-order valence-corrected chi connectivity index (χ4v) is 3.91. The van der Waals surface area contributed by atoms with Crippen LogP contribution in [0.2, 0.25) is 0 Å². The third-order valence-corrected chi connectivity index (χ3v) is 5.96. The summed E-state index contributed by atoms with van der Waals surface area (Å²) in [5.41, 5.74) is 4.97. The number of carboxylic acid groups (broad SMARTS) is 1. The molecule has 0 unspecified atom stereocenters. The summed E-state index contributed by atoms with van der Waals surface area (Å²) >= 11 is 0. The second kappa shape index (κ2) is 7.51. The van der Waals surface area contributed by atoms with E-state index in [9.17, 15) is 9.59 Å². The van der Waals surface area contributed by atoms with E-state index in [-0.39, 0.29) is 16.4 Å². The van der Waals surface area contributed by atoms with Crippen molar-refractivity contribution in [3.05, 3.63) is 70.8 Å². The van der Waals surface area contributed by atoms with Crippen molar-refractivity contribution < 1.29 is 19.4 Å². The minimum absolute atomic E-state index is 0.105. The summed E-state index contributed by atoms with van der Waals surface area (Å²) in [6.45, 7) is 11.0. The van der Waals surface area contributed by atoms with E-state index in [4.69, 9.17) is 9.84 Å². The van der Waals surface area contributed by atoms with Crippen LogP contribution in [0.25, 0.3) is 5.57 Å². The number of hydrogen-bond acceptors (Lipinski definition) is 3. The van der Waals surface area contributed by atoms with E-state index in [1.54, 1.807) is 0 Å². The number of allylic oxidation sites excluding steroid dienone is 1. The highest BCUT2D eigenvalue weighted by atomic mass is 16.5. The number of ether oxygens (including phenoxy) is 1. The van der Waals surface area contributed by atoms with Crippen LogP contribution >= 0.6 is 0 Å². The molecule has 1 aliphatic rings. The molecule has 2 aromatic rings. The second-order valence-electron chi connectivity index (χ2n) is 9.11. The Balaban J connectivity index is 1.82. The molecule has 1 N–H and O–H groups in total. The number of benzene rings is 2. The van der Waals surface area contributed by atoms with Crippen LogP contribution in [-0.2, 0) is 15.6 Å². The molecule has 0 heterocycles. The van der Waals surface area contributed by atoms with Crippen LogP contribution in [0.5, 0.6) is 5.75 Å². The molecule has 0 spiro atoms. The predicted molar refractivity (Wildman–Crippen MR) is 114 cm³/mol. The van der Waals surface area contributed by atoms with E-state index >= 15 is 0 Å². The van der Waals surface area contributed by atoms with Crippen molar-refractivity contribution in [3.63, 3.8) is 0 Å². The molecule has 0 saturated heterocycles. The Kier molecular flexibility index (Phi) is 5.40. The minimum atomic E-state index is -1.02. The van der Waals surface area contributed by atoms with Gasteiger partial charge in [0, 0.05) is 6.08 Å². The highest BCUT2D eigenvalue weighted by Gasteiger charge is 2.36. The summed E-state index contributed by atoms with van der Waals surface area (Å²) in [7, 11) is 0. The largest absolute Gasteiger partial charge is 0.478 e. The molecule has 0 bridgehead atoms. The monoisotopic (exact) mass is 392 g/mol. The lowest BCUT2D eigenvalue weighted by molar-refractivity contribution is -0.128. The van der Waals surface area contributed by atoms with Crippen LogP contribution in [-0.4, -0.2) is 17.0 Å². The van der Waals surface area contributed by atoms with Crippen LogP contribution in [0.3, 0.4) is 0 Å². The third-order valence-electron chi connectivity index (χ3n) is 5.96. The molecule has 2 aromatic carbocycles. The summed E-state index contributed by atoms with van der Waals surface area (Å²) < 4.78 is 5.32. The Hall–Kier alpha value is -2.88. The first kappa shape index (κ1) is 20.8. The number of esters is 1. The van der Waals surface area contributed by atoms with Gasteiger partial charge in [0.1, 0.15) is 5.75 Å². The molecule has 152 valence electrons. The Morgan fingerprint density at radius 3 is 2.03 bits per heavy atom. The van der Waals surface area contributed by atoms with Crippen LogP contribution < -0.4 is 4.74 Å². The van der Waals surface area contributed by atoms with Gasteiger partial charge >= 0.3 is 11.9 Å². The molecule has 4 heteroatoms. The van der Waals surface area contributed by atoms with Gasteiger partial charge in [0.05, 0.1) is 5.56 Å². The van der Waals surface area contributed by atoms with Gasteiger partial charge in [0.25, 0.3) is 0 Å². The van der Waals surface area contributed by atoms with E-state index in [1.165, 1.54) is 41.5 Å². The fraction of sp³-hybridized carbons (Fsp3) is 0.360. The lowest BCUT2D eigenvalue weighted by atomic mass is 9.63. The van der Waals surface area contributed by atoms with Gasteiger partial charge in [0.15, 0.2) is 0 Å². The van der Waals surface area contributed by atoms with Crippen molar-refractivity contribution in [2.75, 3.05) is 0 Å². The molecular formula is C25H28O4. The van der Waals surface area contributed by atoms with Gasteiger partial charge < -0.3 is 9.84 Å². The molecule has 3 rings (SSSR count). The number of carbonyl (C=O) groups is 2. The first-order valence-electron chi connectivity index (χ1n) is 9.88. The highest BCUT2D eigenvalue weighted by Crippen LogP contribution is 2.46. The van der Waals surface area contributed by atoms with Gasteiger partial charge in [-0.05, 0) is 77.1 Å². The fourth-order valence-electron chi connectivity index (χ4n) is 3.91. The van der Waals surface area contributed by atoms with Gasteiger partial charge in [-0.15, -0.1) is 0 Å². The Morgan fingerprint density at radius 1 is 0.897 bits per heavy atom. The van der Waals surface area contributed by atoms with Crippen molar-refractivity contribution in [1.29, 1.82) is 0 Å². The van der Waals surface area contributed by atoms with Crippen molar-refractivity contribution in [2.45, 2.75) is 58.3 Å². The highest BCUT2D eigenvalue weighted by molar-refractivity contribution is 5.92. The summed E-state index contributed by atoms with van der Waals surface area (Å²) in [5.74, 6) is -1.18. The molecular weight excluding hydrogens is 364 g/mol. The van der Waals surface area contributed by atoms with Crippen molar-refractivity contribution in [1.82, 2.24) is 0 Å². The molecule has 0 aliphatic heterocycles. The zero-order chi connectivity index (χ0) is 21.4. The zero-order valence-electron chi connectivity index (χ0n) is 17.7. The average Bonchev–Trinajstić information content (AvgIpc) is 2.65. The van der Waals surface area contributed by atoms with Gasteiger partial charge in [-0.1, -0.05) is 45.9 Å². The van der Waals surface area contributed by atoms with Crippen LogP contribution in [0.15, 0.2) is 48.5 Å². The molecule has 0 amide bonds. The normalized spacial score (nSPS) is 17.3. The first-order chi connectivity index (χ1) is 13.5. The first-order valence-corrected chi connectivity index (χ1v) is 9.88. The molecule has 4 nitrogen and oxygen atoms in total. The molecule has 0 atom stereocenters. The second-order valence-corrected chi connectivity index (χ2v) is 9.11. The van der Waals surface area contributed by atoms with Crippen LogP contribution in [0, 0.1) is 0 Å². The van der Waals surface area contributed by atoms with E-state index < -0.39 is 11.9 Å². The average molecular weight is 392 g/mol. The standard InChI is InChI=1S/C25H28O4/c1-16(14-22(26)29-19-9-6-17(7-10-19)23(27)28)18-8-11-20-21(15-18)25(4,5)13-12-24(20,2)3/h6-11,14-15H,12-13H2,1-5H3,(H,27,28). The van der Waals surface area contributed by atoms with Gasteiger partial charge in [-0.2, -0.15) is 0 Å². The number of carboxylic acids is 1. The number of hydrogen-bond donors (Lipinski definition) is 1. The number of rotatable bonds is 4. The van der Waals surface area contributed by atoms with E-state index in [2.05, 4.69) is 45.9 Å². The lowest BCUT2D eigenvalue weighted by Gasteiger charge is -2.42. The summed E-state index contributed by atoms with van der Waals surface area (Å²) in [5, 5.41) is 8.94. The SMILES string of the molecule is CC(=CC(=O)Oc1ccc(C(=O)O)cc1)c1ccc2c(c1)C(C)(C)CCC2(C)C. The maximum absolute atomic E-state index is 12.3. The minimum Gasteiger partial charge on any atom is -0.478 e. The molecule has 0 saturated carbocycles. The molecule has 0 aromatic heterocycles. The van der Waals surface area contributed by atoms with Gasteiger partial charge in [-0.25, -0.2) is 9.59 Å². The molecule has 29 heavy (non-hydrogen) atoms. The molecule has 0 radical (unpaired) electrons. The topological polar surface area (TPSA) is 63.6 Å². The van der Waals surface area contributed by atoms with Gasteiger partial charge in [-0.3, -0.25) is 0 Å². The Morgan fingerprint density at radius 2 is 1.45 bits per heavy atom. The van der Waals surface area contributed by atoms with E-state index in [0.29, 0.717) is 5.75 Å². The number of fused-ring (bicyclic) bond motifs is 1. The van der Waals surface area contributed by atoms with Crippen LogP contribution in [0.4, 0.5) is 0 Å². The maximum atomic E-state index is 12.3. The summed E-state index contributed by atoms with van der Waals surface area (Å²) in [6.07, 6.45) is 3.77. The lowest BCUT2D eigenvalue weighted by Crippen LogP contribution is -2.33.